The molecule has 2 aliphatic rings. The molecule has 0 bridgehead atoms. The van der Waals surface area contributed by atoms with Crippen molar-refractivity contribution in [3.8, 4) is 0 Å². The summed E-state index contributed by atoms with van der Waals surface area (Å²) in [6.45, 7) is 15.7. The Morgan fingerprint density at radius 3 is 1.07 bits per heavy atom. The van der Waals surface area contributed by atoms with Crippen molar-refractivity contribution in [2.24, 2.45) is 17.3 Å². The van der Waals surface area contributed by atoms with Gasteiger partial charge in [0, 0.05) is 22.2 Å². The Morgan fingerprint density at radius 1 is 0.621 bits per heavy atom. The molecule has 0 atom stereocenters. The summed E-state index contributed by atoms with van der Waals surface area (Å²) < 4.78 is 0. The SMILES string of the molecule is CC1(C)CC(C(O)(C2CC(C)(C)NC(C)(C)C2)C(CO)(CO)CO)CC(C)(C)N1. The first-order chi connectivity index (χ1) is 13.0. The summed E-state index contributed by atoms with van der Waals surface area (Å²) in [6.07, 6.45) is 2.83. The summed E-state index contributed by atoms with van der Waals surface area (Å²) in [5.41, 5.74) is -3.59. The first-order valence-electron chi connectivity index (χ1n) is 11.1. The maximum Gasteiger partial charge on any atom is 0.0828 e. The number of aliphatic hydroxyl groups excluding tert-OH is 3. The van der Waals surface area contributed by atoms with Gasteiger partial charge in [0.05, 0.1) is 30.8 Å². The van der Waals surface area contributed by atoms with E-state index >= 15 is 0 Å². The van der Waals surface area contributed by atoms with E-state index in [9.17, 15) is 20.4 Å². The van der Waals surface area contributed by atoms with Gasteiger partial charge in [0.1, 0.15) is 0 Å². The topological polar surface area (TPSA) is 105 Å². The van der Waals surface area contributed by atoms with Crippen molar-refractivity contribution in [2.45, 2.75) is 109 Å². The van der Waals surface area contributed by atoms with Crippen LogP contribution in [0.4, 0.5) is 0 Å². The third-order valence-electron chi connectivity index (χ3n) is 7.38. The third kappa shape index (κ3) is 4.83. The lowest BCUT2D eigenvalue weighted by atomic mass is 9.52. The highest BCUT2D eigenvalue weighted by Crippen LogP contribution is 2.54. The van der Waals surface area contributed by atoms with E-state index in [0.717, 1.165) is 0 Å². The summed E-state index contributed by atoms with van der Waals surface area (Å²) in [7, 11) is 0. The van der Waals surface area contributed by atoms with Crippen LogP contribution in [0.2, 0.25) is 0 Å². The van der Waals surface area contributed by atoms with Crippen molar-refractivity contribution in [3.63, 3.8) is 0 Å². The van der Waals surface area contributed by atoms with Crippen LogP contribution in [0.25, 0.3) is 0 Å². The summed E-state index contributed by atoms with van der Waals surface area (Å²) in [6, 6.07) is 0. The average Bonchev–Trinajstić information content (AvgIpc) is 2.50. The van der Waals surface area contributed by atoms with Gasteiger partial charge >= 0.3 is 0 Å². The Bertz CT molecular complexity index is 503. The molecule has 2 fully saturated rings. The van der Waals surface area contributed by atoms with Gasteiger partial charge in [0.2, 0.25) is 0 Å². The number of piperidine rings is 2. The maximum absolute atomic E-state index is 12.6. The van der Waals surface area contributed by atoms with Gasteiger partial charge in [-0.25, -0.2) is 0 Å². The average molecular weight is 415 g/mol. The second-order valence-electron chi connectivity index (χ2n) is 12.6. The lowest BCUT2D eigenvalue weighted by Gasteiger charge is -2.61. The van der Waals surface area contributed by atoms with E-state index in [2.05, 4.69) is 66.0 Å². The molecule has 0 aliphatic carbocycles. The molecule has 0 aromatic heterocycles. The molecule has 0 unspecified atom stereocenters. The normalized spacial score (nSPS) is 27.7. The van der Waals surface area contributed by atoms with Crippen LogP contribution in [0.15, 0.2) is 0 Å². The van der Waals surface area contributed by atoms with Crippen molar-refractivity contribution in [1.29, 1.82) is 0 Å². The Hall–Kier alpha value is -0.240. The van der Waals surface area contributed by atoms with Gasteiger partial charge < -0.3 is 31.1 Å². The highest BCUT2D eigenvalue weighted by atomic mass is 16.3. The quantitative estimate of drug-likeness (QED) is 0.396. The van der Waals surface area contributed by atoms with Crippen LogP contribution >= 0.6 is 0 Å². The number of rotatable bonds is 6. The molecule has 6 heteroatoms. The minimum absolute atomic E-state index is 0.171. The summed E-state index contributed by atoms with van der Waals surface area (Å²) >= 11 is 0. The van der Waals surface area contributed by atoms with Crippen molar-refractivity contribution in [2.75, 3.05) is 19.8 Å². The summed E-state index contributed by atoms with van der Waals surface area (Å²) in [4.78, 5) is 0. The lowest BCUT2D eigenvalue weighted by molar-refractivity contribution is -0.234. The number of hydrogen-bond donors (Lipinski definition) is 6. The van der Waals surface area contributed by atoms with E-state index in [-0.39, 0.29) is 34.0 Å². The molecule has 172 valence electrons. The number of hydrogen-bond acceptors (Lipinski definition) is 6. The van der Waals surface area contributed by atoms with Crippen LogP contribution in [0.3, 0.4) is 0 Å². The van der Waals surface area contributed by atoms with Crippen LogP contribution in [0, 0.1) is 17.3 Å². The second kappa shape index (κ2) is 7.72. The molecule has 2 aliphatic heterocycles. The molecule has 29 heavy (non-hydrogen) atoms. The Balaban J connectivity index is 2.64. The predicted molar refractivity (Wildman–Crippen MR) is 117 cm³/mol. The molecule has 6 nitrogen and oxygen atoms in total. The molecule has 2 heterocycles. The molecular weight excluding hydrogens is 368 g/mol. The van der Waals surface area contributed by atoms with E-state index < -0.39 is 30.8 Å². The zero-order valence-electron chi connectivity index (χ0n) is 19.9. The van der Waals surface area contributed by atoms with Gasteiger partial charge in [-0.05, 0) is 92.9 Å². The minimum Gasteiger partial charge on any atom is -0.395 e. The Labute approximate surface area is 177 Å². The zero-order valence-corrected chi connectivity index (χ0v) is 19.9. The lowest BCUT2D eigenvalue weighted by Crippen LogP contribution is -2.72. The van der Waals surface area contributed by atoms with Gasteiger partial charge in [-0.3, -0.25) is 0 Å². The minimum atomic E-state index is -1.40. The van der Waals surface area contributed by atoms with Gasteiger partial charge in [0.25, 0.3) is 0 Å². The van der Waals surface area contributed by atoms with Crippen LogP contribution in [-0.4, -0.2) is 68.0 Å². The molecule has 0 aromatic rings. The molecule has 0 spiro atoms. The molecule has 0 radical (unpaired) electrons. The van der Waals surface area contributed by atoms with E-state index in [4.69, 9.17) is 0 Å². The van der Waals surface area contributed by atoms with Crippen LogP contribution in [0.1, 0.15) is 81.1 Å². The van der Waals surface area contributed by atoms with Crippen molar-refractivity contribution < 1.29 is 20.4 Å². The molecule has 6 N–H and O–H groups in total. The van der Waals surface area contributed by atoms with Gasteiger partial charge in [-0.15, -0.1) is 0 Å². The Kier molecular flexibility index (Phi) is 6.66. The maximum atomic E-state index is 12.6. The summed E-state index contributed by atoms with van der Waals surface area (Å²) in [5.74, 6) is -0.343. The van der Waals surface area contributed by atoms with Crippen molar-refractivity contribution in [1.82, 2.24) is 10.6 Å². The highest BCUT2D eigenvalue weighted by Gasteiger charge is 2.62. The van der Waals surface area contributed by atoms with Crippen molar-refractivity contribution in [3.05, 3.63) is 0 Å². The standard InChI is InChI=1S/C23H46N2O4/c1-18(2)9-16(10-19(3,4)24-18)23(29,22(13-26,14-27)15-28)17-11-20(5,6)25-21(7,8)12-17/h16-17,24-29H,9-15H2,1-8H3. The molecule has 0 aromatic carbocycles. The second-order valence-corrected chi connectivity index (χ2v) is 12.6. The van der Waals surface area contributed by atoms with Gasteiger partial charge in [-0.2, -0.15) is 0 Å². The van der Waals surface area contributed by atoms with Crippen molar-refractivity contribution >= 4 is 0 Å². The number of aliphatic hydroxyl groups is 4. The fraction of sp³-hybridized carbons (Fsp3) is 1.00. The number of nitrogens with one attached hydrogen (secondary N) is 2. The fourth-order valence-electron chi connectivity index (χ4n) is 7.00. The molecule has 0 saturated carbocycles. The van der Waals surface area contributed by atoms with Crippen LogP contribution < -0.4 is 10.6 Å². The first kappa shape index (κ1) is 25.0. The molecule has 2 rings (SSSR count). The van der Waals surface area contributed by atoms with Crippen LogP contribution in [0.5, 0.6) is 0 Å². The highest BCUT2D eigenvalue weighted by molar-refractivity contribution is 5.15. The van der Waals surface area contributed by atoms with E-state index in [1.165, 1.54) is 0 Å². The van der Waals surface area contributed by atoms with Gasteiger partial charge in [0.15, 0.2) is 0 Å². The first-order valence-corrected chi connectivity index (χ1v) is 11.1. The largest absolute Gasteiger partial charge is 0.395 e. The summed E-state index contributed by atoms with van der Waals surface area (Å²) in [5, 5.41) is 51.0. The fourth-order valence-corrected chi connectivity index (χ4v) is 7.00. The Morgan fingerprint density at radius 2 is 0.862 bits per heavy atom. The van der Waals surface area contributed by atoms with E-state index in [1.54, 1.807) is 0 Å². The smallest absolute Gasteiger partial charge is 0.0828 e. The zero-order chi connectivity index (χ0) is 22.5. The monoisotopic (exact) mass is 414 g/mol. The third-order valence-corrected chi connectivity index (χ3v) is 7.38. The van der Waals surface area contributed by atoms with Gasteiger partial charge in [-0.1, -0.05) is 0 Å². The van der Waals surface area contributed by atoms with E-state index in [0.29, 0.717) is 25.7 Å². The molecule has 0 amide bonds. The van der Waals surface area contributed by atoms with E-state index in [1.807, 2.05) is 0 Å². The van der Waals surface area contributed by atoms with Crippen LogP contribution in [-0.2, 0) is 0 Å². The molecular formula is C23H46N2O4. The predicted octanol–water partition coefficient (Wildman–Crippen LogP) is 1.79. The molecule has 2 saturated heterocycles.